The molecule has 1 saturated heterocycles. The van der Waals surface area contributed by atoms with Gasteiger partial charge in [-0.2, -0.15) is 5.10 Å². The number of fused-ring (bicyclic) bond motifs is 1. The molecule has 0 N–H and O–H groups in total. The highest BCUT2D eigenvalue weighted by Gasteiger charge is 2.44. The van der Waals surface area contributed by atoms with E-state index in [-0.39, 0.29) is 5.82 Å². The van der Waals surface area contributed by atoms with Gasteiger partial charge in [-0.25, -0.2) is 4.39 Å². The number of hydrogen-bond donors (Lipinski definition) is 0. The van der Waals surface area contributed by atoms with Crippen molar-refractivity contribution in [2.24, 2.45) is 11.8 Å². The summed E-state index contributed by atoms with van der Waals surface area (Å²) in [5.41, 5.74) is 4.25. The number of piperidine rings is 1. The van der Waals surface area contributed by atoms with E-state index in [1.54, 1.807) is 12.1 Å². The Morgan fingerprint density at radius 2 is 1.89 bits per heavy atom. The minimum absolute atomic E-state index is 0.124. The summed E-state index contributed by atoms with van der Waals surface area (Å²) in [5.74, 6) is 2.34. The van der Waals surface area contributed by atoms with Crippen LogP contribution in [-0.2, 0) is 17.7 Å². The molecule has 1 aliphatic carbocycles. The van der Waals surface area contributed by atoms with E-state index in [0.717, 1.165) is 67.6 Å². The molecule has 3 aromatic rings. The summed E-state index contributed by atoms with van der Waals surface area (Å²) >= 11 is 0. The van der Waals surface area contributed by atoms with Gasteiger partial charge in [0.1, 0.15) is 5.82 Å². The highest BCUT2D eigenvalue weighted by atomic mass is 19.1. The molecule has 7 nitrogen and oxygen atoms in total. The zero-order chi connectivity index (χ0) is 26.1. The van der Waals surface area contributed by atoms with Crippen LogP contribution >= 0.6 is 0 Å². The fourth-order valence-corrected chi connectivity index (χ4v) is 6.66. The molecule has 202 valence electrons. The maximum absolute atomic E-state index is 14.3. The van der Waals surface area contributed by atoms with Gasteiger partial charge in [0.05, 0.1) is 25.0 Å². The molecule has 2 aliphatic heterocycles. The van der Waals surface area contributed by atoms with E-state index in [9.17, 15) is 4.39 Å². The van der Waals surface area contributed by atoms with Gasteiger partial charge in [-0.05, 0) is 80.7 Å². The molecule has 2 atom stereocenters. The molecule has 4 heterocycles. The van der Waals surface area contributed by atoms with Crippen molar-refractivity contribution >= 4 is 11.5 Å². The van der Waals surface area contributed by atoms with Crippen LogP contribution in [0.15, 0.2) is 42.7 Å². The molecule has 1 aromatic carbocycles. The molecule has 2 unspecified atom stereocenters. The van der Waals surface area contributed by atoms with Gasteiger partial charge in [-0.3, -0.25) is 4.68 Å². The molecule has 38 heavy (non-hydrogen) atoms. The third kappa shape index (κ3) is 5.15. The molecule has 8 heteroatoms. The molecule has 0 radical (unpaired) electrons. The first-order valence-electron chi connectivity index (χ1n) is 14.4. The minimum atomic E-state index is -0.124. The van der Waals surface area contributed by atoms with Crippen LogP contribution in [0.4, 0.5) is 15.9 Å². The van der Waals surface area contributed by atoms with Crippen LogP contribution in [0, 0.1) is 17.7 Å². The van der Waals surface area contributed by atoms with E-state index < -0.39 is 0 Å². The first kappa shape index (κ1) is 25.3. The molecule has 2 fully saturated rings. The minimum Gasteiger partial charge on any atom is -0.380 e. The summed E-state index contributed by atoms with van der Waals surface area (Å²) in [6.07, 6.45) is 10.9. The topological polar surface area (TPSA) is 59.3 Å². The number of rotatable bonds is 10. The lowest BCUT2D eigenvalue weighted by atomic mass is 9.88. The van der Waals surface area contributed by atoms with E-state index in [1.807, 2.05) is 36.1 Å². The highest BCUT2D eigenvalue weighted by Crippen LogP contribution is 2.47. The number of nitrogens with zero attached hydrogens (tertiary/aromatic N) is 6. The molecular formula is C30H39FN6O. The predicted octanol–water partition coefficient (Wildman–Crippen LogP) is 5.35. The van der Waals surface area contributed by atoms with Crippen LogP contribution in [0.25, 0.3) is 11.3 Å². The lowest BCUT2D eigenvalue weighted by molar-refractivity contribution is 0.136. The Kier molecular flexibility index (Phi) is 7.32. The van der Waals surface area contributed by atoms with Gasteiger partial charge in [0.2, 0.25) is 0 Å². The lowest BCUT2D eigenvalue weighted by Crippen LogP contribution is -2.50. The number of aromatic nitrogens is 4. The Hall–Kier alpha value is -3.00. The first-order chi connectivity index (χ1) is 18.6. The number of benzene rings is 1. The van der Waals surface area contributed by atoms with Crippen LogP contribution in [0.1, 0.15) is 51.5 Å². The van der Waals surface area contributed by atoms with Crippen molar-refractivity contribution in [3.05, 3.63) is 54.1 Å². The summed E-state index contributed by atoms with van der Waals surface area (Å²) in [7, 11) is 0. The van der Waals surface area contributed by atoms with Gasteiger partial charge in [-0.15, -0.1) is 10.2 Å². The number of anilines is 2. The van der Waals surface area contributed by atoms with Crippen LogP contribution in [0.5, 0.6) is 0 Å². The molecule has 0 amide bonds. The summed E-state index contributed by atoms with van der Waals surface area (Å²) in [5, 5.41) is 13.5. The Bertz CT molecular complexity index is 1220. The maximum Gasteiger partial charge on any atom is 0.151 e. The van der Waals surface area contributed by atoms with Crippen molar-refractivity contribution < 1.29 is 9.13 Å². The fraction of sp³-hybridized carbons (Fsp3) is 0.567. The fourth-order valence-electron chi connectivity index (χ4n) is 6.66. The monoisotopic (exact) mass is 518 g/mol. The summed E-state index contributed by atoms with van der Waals surface area (Å²) in [6.45, 7) is 8.28. The van der Waals surface area contributed by atoms with Gasteiger partial charge >= 0.3 is 0 Å². The zero-order valence-corrected chi connectivity index (χ0v) is 22.6. The van der Waals surface area contributed by atoms with E-state index in [0.29, 0.717) is 31.2 Å². The standard InChI is InChI=1S/C30H39FN6O/c1-3-26(21-5-6-21)29-17-22-7-8-24(31)18-28(22)37(29)25-11-13-35(14-12-25)30-10-9-27(33-34-30)23-19-32-36(20-23)15-16-38-4-2/h7-10,18-21,25-26,29H,3-6,11-17H2,1-2H3. The van der Waals surface area contributed by atoms with Crippen molar-refractivity contribution in [3.63, 3.8) is 0 Å². The van der Waals surface area contributed by atoms with E-state index in [2.05, 4.69) is 38.1 Å². The van der Waals surface area contributed by atoms with Crippen molar-refractivity contribution in [2.45, 2.75) is 71.0 Å². The third-order valence-corrected chi connectivity index (χ3v) is 8.74. The normalized spacial score (nSPS) is 20.7. The Labute approximate surface area is 225 Å². The highest BCUT2D eigenvalue weighted by molar-refractivity contribution is 5.61. The second-order valence-electron chi connectivity index (χ2n) is 11.0. The smallest absolute Gasteiger partial charge is 0.151 e. The van der Waals surface area contributed by atoms with Crippen LogP contribution in [0.2, 0.25) is 0 Å². The predicted molar refractivity (Wildman–Crippen MR) is 148 cm³/mol. The SMILES string of the molecule is CCOCCn1cc(-c2ccc(N3CCC(N4c5cc(F)ccc5CC4C(CC)C4CC4)CC3)nn2)cn1. The van der Waals surface area contributed by atoms with E-state index in [1.165, 1.54) is 24.8 Å². The van der Waals surface area contributed by atoms with Crippen molar-refractivity contribution in [2.75, 3.05) is 36.1 Å². The Morgan fingerprint density at radius 1 is 1.05 bits per heavy atom. The Morgan fingerprint density at radius 3 is 2.61 bits per heavy atom. The second kappa shape index (κ2) is 11.0. The van der Waals surface area contributed by atoms with Gasteiger partial charge in [0, 0.05) is 49.2 Å². The lowest BCUT2D eigenvalue weighted by Gasteiger charge is -2.43. The van der Waals surface area contributed by atoms with Gasteiger partial charge in [-0.1, -0.05) is 19.4 Å². The molecule has 0 spiro atoms. The molecule has 0 bridgehead atoms. The van der Waals surface area contributed by atoms with Crippen LogP contribution in [-0.4, -0.2) is 58.4 Å². The van der Waals surface area contributed by atoms with Crippen molar-refractivity contribution in [3.8, 4) is 11.3 Å². The quantitative estimate of drug-likeness (QED) is 0.337. The average Bonchev–Trinajstić information content (AvgIpc) is 3.55. The third-order valence-electron chi connectivity index (χ3n) is 8.74. The summed E-state index contributed by atoms with van der Waals surface area (Å²) in [4.78, 5) is 4.97. The summed E-state index contributed by atoms with van der Waals surface area (Å²) < 4.78 is 21.6. The number of halogens is 1. The maximum atomic E-state index is 14.3. The molecular weight excluding hydrogens is 479 g/mol. The second-order valence-corrected chi connectivity index (χ2v) is 11.0. The van der Waals surface area contributed by atoms with Gasteiger partial charge < -0.3 is 14.5 Å². The number of ether oxygens (including phenoxy) is 1. The largest absolute Gasteiger partial charge is 0.380 e. The van der Waals surface area contributed by atoms with Gasteiger partial charge in [0.25, 0.3) is 0 Å². The molecule has 2 aromatic heterocycles. The molecule has 6 rings (SSSR count). The average molecular weight is 519 g/mol. The Balaban J connectivity index is 1.12. The van der Waals surface area contributed by atoms with E-state index in [4.69, 9.17) is 4.74 Å². The van der Waals surface area contributed by atoms with Gasteiger partial charge in [0.15, 0.2) is 5.82 Å². The van der Waals surface area contributed by atoms with Crippen LogP contribution in [0.3, 0.4) is 0 Å². The summed E-state index contributed by atoms with van der Waals surface area (Å²) in [6, 6.07) is 10.5. The molecule has 1 saturated carbocycles. The van der Waals surface area contributed by atoms with E-state index >= 15 is 0 Å². The van der Waals surface area contributed by atoms with Crippen LogP contribution < -0.4 is 9.80 Å². The number of hydrogen-bond acceptors (Lipinski definition) is 6. The van der Waals surface area contributed by atoms with Crippen molar-refractivity contribution in [1.29, 1.82) is 0 Å². The van der Waals surface area contributed by atoms with Crippen molar-refractivity contribution in [1.82, 2.24) is 20.0 Å². The first-order valence-corrected chi connectivity index (χ1v) is 14.4. The zero-order valence-electron chi connectivity index (χ0n) is 22.6. The molecule has 3 aliphatic rings.